The molecular weight excluding hydrogens is 292 g/mol. The SMILES string of the molecule is O=C(NCC#Cc1cc2cn[nH]c2cn1)OCc1ccccc1. The number of carbonyl (C=O) groups excluding carboxylic acids is 1. The summed E-state index contributed by atoms with van der Waals surface area (Å²) in [5.74, 6) is 5.72. The van der Waals surface area contributed by atoms with Crippen LogP contribution in [0.2, 0.25) is 0 Å². The number of carbonyl (C=O) groups is 1. The monoisotopic (exact) mass is 306 g/mol. The second kappa shape index (κ2) is 7.09. The molecule has 6 heteroatoms. The summed E-state index contributed by atoms with van der Waals surface area (Å²) in [6, 6.07) is 11.3. The zero-order valence-electron chi connectivity index (χ0n) is 12.2. The molecule has 0 aliphatic heterocycles. The lowest BCUT2D eigenvalue weighted by Crippen LogP contribution is -2.24. The zero-order valence-corrected chi connectivity index (χ0v) is 12.2. The molecule has 6 nitrogen and oxygen atoms in total. The Labute approximate surface area is 132 Å². The highest BCUT2D eigenvalue weighted by Crippen LogP contribution is 2.08. The summed E-state index contributed by atoms with van der Waals surface area (Å²) < 4.78 is 5.08. The lowest BCUT2D eigenvalue weighted by atomic mass is 10.2. The fourth-order valence-electron chi connectivity index (χ4n) is 1.94. The van der Waals surface area contributed by atoms with Crippen molar-refractivity contribution in [1.82, 2.24) is 20.5 Å². The smallest absolute Gasteiger partial charge is 0.408 e. The van der Waals surface area contributed by atoms with Crippen molar-refractivity contribution in [3.8, 4) is 11.8 Å². The zero-order chi connectivity index (χ0) is 15.9. The summed E-state index contributed by atoms with van der Waals surface area (Å²) >= 11 is 0. The molecule has 0 aliphatic carbocycles. The van der Waals surface area contributed by atoms with Crippen LogP contribution in [0.15, 0.2) is 48.8 Å². The van der Waals surface area contributed by atoms with Gasteiger partial charge < -0.3 is 10.1 Å². The Kier molecular flexibility index (Phi) is 4.50. The third kappa shape index (κ3) is 4.08. The van der Waals surface area contributed by atoms with E-state index in [0.29, 0.717) is 5.69 Å². The number of benzene rings is 1. The molecule has 0 fully saturated rings. The van der Waals surface area contributed by atoms with Crippen LogP contribution in [0.4, 0.5) is 4.79 Å². The van der Waals surface area contributed by atoms with Crippen LogP contribution in [-0.2, 0) is 11.3 Å². The molecule has 0 saturated heterocycles. The fourth-order valence-corrected chi connectivity index (χ4v) is 1.94. The van der Waals surface area contributed by atoms with Crippen LogP contribution in [0, 0.1) is 11.8 Å². The Hall–Kier alpha value is -3.33. The Morgan fingerprint density at radius 1 is 1.26 bits per heavy atom. The van der Waals surface area contributed by atoms with E-state index in [-0.39, 0.29) is 13.2 Å². The maximum absolute atomic E-state index is 11.5. The van der Waals surface area contributed by atoms with Gasteiger partial charge in [0.15, 0.2) is 0 Å². The number of aromatic amines is 1. The summed E-state index contributed by atoms with van der Waals surface area (Å²) in [5, 5.41) is 10.3. The number of nitrogens with one attached hydrogen (secondary N) is 2. The van der Waals surface area contributed by atoms with Gasteiger partial charge in [0, 0.05) is 5.39 Å². The molecule has 0 radical (unpaired) electrons. The summed E-state index contributed by atoms with van der Waals surface area (Å²) in [4.78, 5) is 15.7. The van der Waals surface area contributed by atoms with Crippen LogP contribution >= 0.6 is 0 Å². The van der Waals surface area contributed by atoms with Gasteiger partial charge in [0.25, 0.3) is 0 Å². The predicted octanol–water partition coefficient (Wildman–Crippen LogP) is 2.24. The first-order valence-corrected chi connectivity index (χ1v) is 7.04. The second-order valence-corrected chi connectivity index (χ2v) is 4.74. The van der Waals surface area contributed by atoms with Crippen molar-refractivity contribution in [1.29, 1.82) is 0 Å². The van der Waals surface area contributed by atoms with Gasteiger partial charge in [-0.15, -0.1) is 0 Å². The Balaban J connectivity index is 1.46. The molecule has 0 aliphatic rings. The van der Waals surface area contributed by atoms with Crippen LogP contribution < -0.4 is 5.32 Å². The van der Waals surface area contributed by atoms with Gasteiger partial charge in [0.2, 0.25) is 0 Å². The molecular formula is C17H14N4O2. The van der Waals surface area contributed by atoms with Crippen molar-refractivity contribution in [3.63, 3.8) is 0 Å². The Morgan fingerprint density at radius 3 is 3.00 bits per heavy atom. The van der Waals surface area contributed by atoms with E-state index < -0.39 is 6.09 Å². The maximum atomic E-state index is 11.5. The lowest BCUT2D eigenvalue weighted by molar-refractivity contribution is 0.141. The van der Waals surface area contributed by atoms with Gasteiger partial charge in [-0.05, 0) is 17.6 Å². The molecule has 0 unspecified atom stereocenters. The molecule has 0 saturated carbocycles. The topological polar surface area (TPSA) is 79.9 Å². The van der Waals surface area contributed by atoms with E-state index in [9.17, 15) is 4.79 Å². The van der Waals surface area contributed by atoms with E-state index in [1.54, 1.807) is 12.4 Å². The van der Waals surface area contributed by atoms with Gasteiger partial charge in [-0.3, -0.25) is 5.10 Å². The number of rotatable bonds is 3. The van der Waals surface area contributed by atoms with Gasteiger partial charge in [-0.2, -0.15) is 5.10 Å². The van der Waals surface area contributed by atoms with Gasteiger partial charge in [-0.25, -0.2) is 9.78 Å². The average molecular weight is 306 g/mol. The number of alkyl carbamates (subject to hydrolysis) is 1. The Morgan fingerprint density at radius 2 is 2.13 bits per heavy atom. The molecule has 2 aromatic heterocycles. The number of fused-ring (bicyclic) bond motifs is 1. The Bertz CT molecular complexity index is 862. The highest BCUT2D eigenvalue weighted by molar-refractivity contribution is 5.77. The van der Waals surface area contributed by atoms with Crippen LogP contribution in [0.25, 0.3) is 10.9 Å². The molecule has 23 heavy (non-hydrogen) atoms. The van der Waals surface area contributed by atoms with Gasteiger partial charge >= 0.3 is 6.09 Å². The van der Waals surface area contributed by atoms with Gasteiger partial charge in [0.1, 0.15) is 12.3 Å². The number of ether oxygens (including phenoxy) is 1. The number of H-pyrrole nitrogens is 1. The minimum Gasteiger partial charge on any atom is -0.445 e. The van der Waals surface area contributed by atoms with E-state index in [2.05, 4.69) is 32.3 Å². The summed E-state index contributed by atoms with van der Waals surface area (Å²) in [5.41, 5.74) is 2.42. The predicted molar refractivity (Wildman–Crippen MR) is 85.4 cm³/mol. The first kappa shape index (κ1) is 14.6. The molecule has 2 N–H and O–H groups in total. The first-order chi connectivity index (χ1) is 11.3. The number of hydrogen-bond donors (Lipinski definition) is 2. The number of aromatic nitrogens is 3. The van der Waals surface area contributed by atoms with Crippen molar-refractivity contribution >= 4 is 17.0 Å². The van der Waals surface area contributed by atoms with Crippen molar-refractivity contribution in [2.24, 2.45) is 0 Å². The summed E-state index contributed by atoms with van der Waals surface area (Å²) in [6.45, 7) is 0.428. The largest absolute Gasteiger partial charge is 0.445 e. The highest BCUT2D eigenvalue weighted by atomic mass is 16.5. The third-order valence-corrected chi connectivity index (χ3v) is 3.07. The first-order valence-electron chi connectivity index (χ1n) is 7.04. The lowest BCUT2D eigenvalue weighted by Gasteiger charge is -2.04. The molecule has 0 bridgehead atoms. The van der Waals surface area contributed by atoms with E-state index in [0.717, 1.165) is 16.5 Å². The van der Waals surface area contributed by atoms with E-state index in [1.165, 1.54) is 0 Å². The fraction of sp³-hybridized carbons (Fsp3) is 0.118. The quantitative estimate of drug-likeness (QED) is 0.727. The molecule has 3 aromatic rings. The summed E-state index contributed by atoms with van der Waals surface area (Å²) in [6.07, 6.45) is 2.89. The highest BCUT2D eigenvalue weighted by Gasteiger charge is 2.00. The number of pyridine rings is 1. The third-order valence-electron chi connectivity index (χ3n) is 3.07. The van der Waals surface area contributed by atoms with Gasteiger partial charge in [0.05, 0.1) is 24.5 Å². The number of nitrogens with zero attached hydrogens (tertiary/aromatic N) is 2. The van der Waals surface area contributed by atoms with Crippen molar-refractivity contribution in [3.05, 3.63) is 60.0 Å². The number of hydrogen-bond acceptors (Lipinski definition) is 4. The minimum atomic E-state index is -0.499. The minimum absolute atomic E-state index is 0.193. The second-order valence-electron chi connectivity index (χ2n) is 4.74. The standard InChI is InChI=1S/C17H14N4O2/c22-17(23-12-13-5-2-1-3-6-13)18-8-4-7-15-9-14-10-20-21-16(14)11-19-15/h1-3,5-6,9-11H,8,12H2,(H,18,22)(H,20,21). The van der Waals surface area contributed by atoms with E-state index in [1.807, 2.05) is 36.4 Å². The van der Waals surface area contributed by atoms with Crippen molar-refractivity contribution in [2.45, 2.75) is 6.61 Å². The molecule has 0 atom stereocenters. The molecule has 1 amide bonds. The van der Waals surface area contributed by atoms with Crippen molar-refractivity contribution in [2.75, 3.05) is 6.54 Å². The van der Waals surface area contributed by atoms with E-state index >= 15 is 0 Å². The molecule has 3 rings (SSSR count). The molecule has 2 heterocycles. The molecule has 0 spiro atoms. The normalized spacial score (nSPS) is 9.91. The van der Waals surface area contributed by atoms with Gasteiger partial charge in [-0.1, -0.05) is 36.3 Å². The van der Waals surface area contributed by atoms with Crippen molar-refractivity contribution < 1.29 is 9.53 Å². The summed E-state index contributed by atoms with van der Waals surface area (Å²) in [7, 11) is 0. The van der Waals surface area contributed by atoms with E-state index in [4.69, 9.17) is 4.74 Å². The number of amides is 1. The van der Waals surface area contributed by atoms with Crippen LogP contribution in [0.3, 0.4) is 0 Å². The average Bonchev–Trinajstić information content (AvgIpc) is 3.05. The van der Waals surface area contributed by atoms with Crippen LogP contribution in [-0.4, -0.2) is 27.8 Å². The van der Waals surface area contributed by atoms with Crippen LogP contribution in [0.5, 0.6) is 0 Å². The maximum Gasteiger partial charge on any atom is 0.408 e. The van der Waals surface area contributed by atoms with Crippen LogP contribution in [0.1, 0.15) is 11.3 Å². The molecule has 1 aromatic carbocycles. The molecule has 114 valence electrons.